The van der Waals surface area contributed by atoms with Crippen molar-refractivity contribution in [3.63, 3.8) is 0 Å². The van der Waals surface area contributed by atoms with Crippen molar-refractivity contribution in [3.05, 3.63) is 0 Å². The third-order valence-electron chi connectivity index (χ3n) is 3.38. The van der Waals surface area contributed by atoms with E-state index in [2.05, 4.69) is 24.1 Å². The largest absolute Gasteiger partial charge is 0.355 e. The number of nitrogens with one attached hydrogen (secondary N) is 1. The molecule has 0 aromatic heterocycles. The van der Waals surface area contributed by atoms with E-state index in [0.717, 1.165) is 25.9 Å². The lowest BCUT2D eigenvalue weighted by Crippen LogP contribution is -2.51. The smallest absolute Gasteiger partial charge is 0.234 e. The Labute approximate surface area is 109 Å². The predicted octanol–water partition coefficient (Wildman–Crippen LogP) is 0.598. The van der Waals surface area contributed by atoms with E-state index < -0.39 is 5.79 Å². The zero-order valence-corrected chi connectivity index (χ0v) is 11.4. The van der Waals surface area contributed by atoms with Gasteiger partial charge in [-0.2, -0.15) is 0 Å². The summed E-state index contributed by atoms with van der Waals surface area (Å²) in [6.45, 7) is 8.38. The van der Waals surface area contributed by atoms with Crippen LogP contribution < -0.4 is 5.32 Å². The van der Waals surface area contributed by atoms with Gasteiger partial charge in [0.05, 0.1) is 26.3 Å². The van der Waals surface area contributed by atoms with Crippen LogP contribution in [0.2, 0.25) is 0 Å². The second-order valence-corrected chi connectivity index (χ2v) is 5.62. The molecule has 2 aliphatic heterocycles. The van der Waals surface area contributed by atoms with Crippen molar-refractivity contribution >= 4 is 5.91 Å². The second-order valence-electron chi connectivity index (χ2n) is 5.62. The van der Waals surface area contributed by atoms with Gasteiger partial charge in [-0.25, -0.2) is 0 Å². The van der Waals surface area contributed by atoms with E-state index in [1.807, 2.05) is 0 Å². The summed E-state index contributed by atoms with van der Waals surface area (Å²) in [4.78, 5) is 13.9. The van der Waals surface area contributed by atoms with Crippen LogP contribution >= 0.6 is 0 Å². The number of amides is 1. The number of hydrogen-bond acceptors (Lipinski definition) is 4. The lowest BCUT2D eigenvalue weighted by atomic mass is 10.0. The van der Waals surface area contributed by atoms with Crippen LogP contribution in [0, 0.1) is 5.92 Å². The Hall–Kier alpha value is -0.650. The van der Waals surface area contributed by atoms with Gasteiger partial charge in [0.1, 0.15) is 0 Å². The van der Waals surface area contributed by atoms with Crippen LogP contribution in [0.15, 0.2) is 0 Å². The molecule has 5 nitrogen and oxygen atoms in total. The Balaban J connectivity index is 1.77. The summed E-state index contributed by atoms with van der Waals surface area (Å²) < 4.78 is 11.4. The molecule has 0 bridgehead atoms. The Bertz CT molecular complexity index is 288. The van der Waals surface area contributed by atoms with E-state index in [0.29, 0.717) is 32.2 Å². The first-order valence-electron chi connectivity index (χ1n) is 6.87. The van der Waals surface area contributed by atoms with Gasteiger partial charge in [0.25, 0.3) is 0 Å². The van der Waals surface area contributed by atoms with Gasteiger partial charge in [0, 0.05) is 13.0 Å². The first-order valence-corrected chi connectivity index (χ1v) is 6.87. The SMILES string of the molecule is CC(C)CNC(=O)CN1CCCC2(C1)OCCO2. The third-order valence-corrected chi connectivity index (χ3v) is 3.38. The second kappa shape index (κ2) is 5.99. The average Bonchev–Trinajstić information content (AvgIpc) is 2.75. The van der Waals surface area contributed by atoms with Crippen LogP contribution in [-0.4, -0.2) is 56.0 Å². The molecule has 1 N–H and O–H groups in total. The first-order chi connectivity index (χ1) is 8.60. The summed E-state index contributed by atoms with van der Waals surface area (Å²) in [5.74, 6) is 0.151. The van der Waals surface area contributed by atoms with Gasteiger partial charge < -0.3 is 14.8 Å². The van der Waals surface area contributed by atoms with E-state index in [9.17, 15) is 4.79 Å². The molecule has 2 heterocycles. The van der Waals surface area contributed by atoms with Crippen LogP contribution in [0.25, 0.3) is 0 Å². The summed E-state index contributed by atoms with van der Waals surface area (Å²) in [6, 6.07) is 0. The maximum Gasteiger partial charge on any atom is 0.234 e. The van der Waals surface area contributed by atoms with E-state index in [-0.39, 0.29) is 5.91 Å². The highest BCUT2D eigenvalue weighted by Gasteiger charge is 2.40. The summed E-state index contributed by atoms with van der Waals surface area (Å²) in [5.41, 5.74) is 0. The van der Waals surface area contributed by atoms with Crippen molar-refractivity contribution in [2.45, 2.75) is 32.5 Å². The maximum atomic E-state index is 11.8. The molecule has 104 valence electrons. The lowest BCUT2D eigenvalue weighted by Gasteiger charge is -2.38. The highest BCUT2D eigenvalue weighted by Crippen LogP contribution is 2.29. The van der Waals surface area contributed by atoms with Gasteiger partial charge in [-0.15, -0.1) is 0 Å². The van der Waals surface area contributed by atoms with Crippen LogP contribution in [0.1, 0.15) is 26.7 Å². The van der Waals surface area contributed by atoms with E-state index >= 15 is 0 Å². The molecule has 1 spiro atoms. The third kappa shape index (κ3) is 3.67. The topological polar surface area (TPSA) is 50.8 Å². The van der Waals surface area contributed by atoms with Crippen molar-refractivity contribution in [2.75, 3.05) is 39.4 Å². The van der Waals surface area contributed by atoms with Gasteiger partial charge in [0.2, 0.25) is 5.91 Å². The number of likely N-dealkylation sites (tertiary alicyclic amines) is 1. The maximum absolute atomic E-state index is 11.8. The van der Waals surface area contributed by atoms with Gasteiger partial charge in [-0.3, -0.25) is 9.69 Å². The number of ether oxygens (including phenoxy) is 2. The molecule has 0 unspecified atom stereocenters. The van der Waals surface area contributed by atoms with Crippen LogP contribution in [-0.2, 0) is 14.3 Å². The van der Waals surface area contributed by atoms with Crippen molar-refractivity contribution < 1.29 is 14.3 Å². The fraction of sp³-hybridized carbons (Fsp3) is 0.923. The van der Waals surface area contributed by atoms with Crippen LogP contribution in [0.3, 0.4) is 0 Å². The van der Waals surface area contributed by atoms with Crippen molar-refractivity contribution in [2.24, 2.45) is 5.92 Å². The summed E-state index contributed by atoms with van der Waals surface area (Å²) in [7, 11) is 0. The minimum Gasteiger partial charge on any atom is -0.355 e. The van der Waals surface area contributed by atoms with E-state index in [1.54, 1.807) is 0 Å². The Kier molecular flexibility index (Phi) is 4.59. The minimum atomic E-state index is -0.434. The average molecular weight is 256 g/mol. The zero-order chi connectivity index (χ0) is 13.0. The molecule has 18 heavy (non-hydrogen) atoms. The Morgan fingerprint density at radius 2 is 2.11 bits per heavy atom. The molecule has 2 saturated heterocycles. The first kappa shape index (κ1) is 13.8. The standard InChI is InChI=1S/C13H24N2O3/c1-11(2)8-14-12(16)9-15-5-3-4-13(10-15)17-6-7-18-13/h11H,3-10H2,1-2H3,(H,14,16). The van der Waals surface area contributed by atoms with E-state index in [1.165, 1.54) is 0 Å². The van der Waals surface area contributed by atoms with Gasteiger partial charge in [-0.05, 0) is 18.9 Å². The van der Waals surface area contributed by atoms with Crippen LogP contribution in [0.5, 0.6) is 0 Å². The molecule has 0 radical (unpaired) electrons. The quantitative estimate of drug-likeness (QED) is 0.800. The number of carbonyl (C=O) groups excluding carboxylic acids is 1. The molecule has 0 aliphatic carbocycles. The number of hydrogen-bond donors (Lipinski definition) is 1. The van der Waals surface area contributed by atoms with Crippen molar-refractivity contribution in [3.8, 4) is 0 Å². The summed E-state index contributed by atoms with van der Waals surface area (Å²) >= 11 is 0. The molecule has 0 aromatic rings. The van der Waals surface area contributed by atoms with Gasteiger partial charge in [-0.1, -0.05) is 13.8 Å². The molecule has 0 aromatic carbocycles. The predicted molar refractivity (Wildman–Crippen MR) is 68.2 cm³/mol. The van der Waals surface area contributed by atoms with Gasteiger partial charge in [0.15, 0.2) is 5.79 Å². The zero-order valence-electron chi connectivity index (χ0n) is 11.4. The molecule has 2 fully saturated rings. The number of rotatable bonds is 4. The molecule has 0 atom stereocenters. The lowest BCUT2D eigenvalue weighted by molar-refractivity contribution is -0.189. The molecular weight excluding hydrogens is 232 g/mol. The van der Waals surface area contributed by atoms with Gasteiger partial charge >= 0.3 is 0 Å². The van der Waals surface area contributed by atoms with E-state index in [4.69, 9.17) is 9.47 Å². The molecule has 0 saturated carbocycles. The Morgan fingerprint density at radius 3 is 2.78 bits per heavy atom. The van der Waals surface area contributed by atoms with Crippen LogP contribution in [0.4, 0.5) is 0 Å². The summed E-state index contributed by atoms with van der Waals surface area (Å²) in [5, 5.41) is 2.95. The normalized spacial score (nSPS) is 23.7. The molecule has 1 amide bonds. The number of nitrogens with zero attached hydrogens (tertiary/aromatic N) is 1. The molecule has 2 aliphatic rings. The monoisotopic (exact) mass is 256 g/mol. The molecule has 2 rings (SSSR count). The highest BCUT2D eigenvalue weighted by molar-refractivity contribution is 5.78. The van der Waals surface area contributed by atoms with Crippen molar-refractivity contribution in [1.82, 2.24) is 10.2 Å². The Morgan fingerprint density at radius 1 is 1.39 bits per heavy atom. The van der Waals surface area contributed by atoms with Crippen molar-refractivity contribution in [1.29, 1.82) is 0 Å². The summed E-state index contributed by atoms with van der Waals surface area (Å²) in [6.07, 6.45) is 1.97. The fourth-order valence-corrected chi connectivity index (χ4v) is 2.52. The highest BCUT2D eigenvalue weighted by atomic mass is 16.7. The fourth-order valence-electron chi connectivity index (χ4n) is 2.52. The number of piperidine rings is 1. The molecule has 5 heteroatoms. The molecular formula is C13H24N2O3. The number of carbonyl (C=O) groups is 1. The minimum absolute atomic E-state index is 0.0961.